The average Bonchev–Trinajstić information content (AvgIpc) is 2.71. The van der Waals surface area contributed by atoms with Crippen LogP contribution in [0, 0.1) is 0 Å². The van der Waals surface area contributed by atoms with E-state index in [2.05, 4.69) is 25.9 Å². The van der Waals surface area contributed by atoms with Crippen molar-refractivity contribution in [1.82, 2.24) is 14.5 Å². The molecule has 2 aromatic heterocycles. The fraction of sp³-hybridized carbons (Fsp3) is 0. The smallest absolute Gasteiger partial charge is 0.139 e. The zero-order valence-corrected chi connectivity index (χ0v) is 10.4. The van der Waals surface area contributed by atoms with Gasteiger partial charge in [0, 0.05) is 5.69 Å². The predicted molar refractivity (Wildman–Crippen MR) is 71.0 cm³/mol. The minimum absolute atomic E-state index is 0.717. The van der Waals surface area contributed by atoms with Gasteiger partial charge in [-0.1, -0.05) is 6.07 Å². The molecule has 17 heavy (non-hydrogen) atoms. The molecule has 0 radical (unpaired) electrons. The summed E-state index contributed by atoms with van der Waals surface area (Å²) in [6.07, 6.45) is 1.75. The van der Waals surface area contributed by atoms with Crippen molar-refractivity contribution >= 4 is 32.7 Å². The number of aromatic nitrogens is 3. The van der Waals surface area contributed by atoms with E-state index in [4.69, 9.17) is 5.73 Å². The molecule has 5 heteroatoms. The van der Waals surface area contributed by atoms with Crippen LogP contribution < -0.4 is 5.73 Å². The molecule has 0 fully saturated rings. The Morgan fingerprint density at radius 3 is 2.88 bits per heavy atom. The number of fused-ring (bicyclic) bond motifs is 1. The van der Waals surface area contributed by atoms with Crippen LogP contribution >= 0.6 is 15.9 Å². The van der Waals surface area contributed by atoms with Crippen molar-refractivity contribution < 1.29 is 0 Å². The van der Waals surface area contributed by atoms with E-state index in [0.717, 1.165) is 21.5 Å². The van der Waals surface area contributed by atoms with Gasteiger partial charge in [0.15, 0.2) is 0 Å². The maximum Gasteiger partial charge on any atom is 0.139 e. The van der Waals surface area contributed by atoms with E-state index in [1.165, 1.54) is 0 Å². The Hall–Kier alpha value is -1.88. The highest BCUT2D eigenvalue weighted by molar-refractivity contribution is 9.10. The molecule has 0 aliphatic rings. The summed E-state index contributed by atoms with van der Waals surface area (Å²) in [4.78, 5) is 8.71. The summed E-state index contributed by atoms with van der Waals surface area (Å²) in [5, 5.41) is 0. The minimum atomic E-state index is 0.717. The summed E-state index contributed by atoms with van der Waals surface area (Å²) in [5.41, 5.74) is 8.36. The second-order valence-electron chi connectivity index (χ2n) is 3.68. The van der Waals surface area contributed by atoms with Crippen molar-refractivity contribution in [1.29, 1.82) is 0 Å². The quantitative estimate of drug-likeness (QED) is 0.553. The lowest BCUT2D eigenvalue weighted by Crippen LogP contribution is -1.96. The van der Waals surface area contributed by atoms with Gasteiger partial charge >= 0.3 is 0 Å². The van der Waals surface area contributed by atoms with E-state index < -0.39 is 0 Å². The van der Waals surface area contributed by atoms with Gasteiger partial charge in [0.05, 0.1) is 11.0 Å². The van der Waals surface area contributed by atoms with Crippen molar-refractivity contribution in [2.24, 2.45) is 0 Å². The molecule has 3 rings (SSSR count). The molecule has 0 saturated heterocycles. The second-order valence-corrected chi connectivity index (χ2v) is 4.49. The van der Waals surface area contributed by atoms with Gasteiger partial charge in [-0.05, 0) is 46.3 Å². The van der Waals surface area contributed by atoms with E-state index in [9.17, 15) is 0 Å². The summed E-state index contributed by atoms with van der Waals surface area (Å²) in [5.74, 6) is 0.812. The van der Waals surface area contributed by atoms with Crippen molar-refractivity contribution in [3.8, 4) is 5.82 Å². The van der Waals surface area contributed by atoms with Crippen molar-refractivity contribution in [3.63, 3.8) is 0 Å². The summed E-state index contributed by atoms with van der Waals surface area (Å²) < 4.78 is 2.71. The molecule has 0 atom stereocenters. The third-order valence-corrected chi connectivity index (χ3v) is 2.96. The number of rotatable bonds is 1. The van der Waals surface area contributed by atoms with Gasteiger partial charge < -0.3 is 5.73 Å². The monoisotopic (exact) mass is 288 g/mol. The second kappa shape index (κ2) is 3.85. The molecule has 0 bridgehead atoms. The molecule has 2 N–H and O–H groups in total. The van der Waals surface area contributed by atoms with Crippen LogP contribution in [0.3, 0.4) is 0 Å². The molecular weight excluding hydrogens is 280 g/mol. The number of imidazole rings is 1. The Kier molecular flexibility index (Phi) is 2.33. The van der Waals surface area contributed by atoms with E-state index in [1.54, 1.807) is 6.33 Å². The first-order valence-electron chi connectivity index (χ1n) is 5.09. The first-order chi connectivity index (χ1) is 8.24. The molecule has 0 unspecified atom stereocenters. The number of nitrogens with zero attached hydrogens (tertiary/aromatic N) is 3. The van der Waals surface area contributed by atoms with Gasteiger partial charge in [-0.2, -0.15) is 0 Å². The summed E-state index contributed by atoms with van der Waals surface area (Å²) in [7, 11) is 0. The number of nitrogens with two attached hydrogens (primary N) is 1. The van der Waals surface area contributed by atoms with Gasteiger partial charge in [-0.3, -0.25) is 4.57 Å². The molecule has 0 aliphatic heterocycles. The number of hydrogen-bond donors (Lipinski definition) is 1. The van der Waals surface area contributed by atoms with Crippen LogP contribution in [0.2, 0.25) is 0 Å². The molecule has 0 spiro atoms. The maximum absolute atomic E-state index is 5.79. The molecule has 4 nitrogen and oxygen atoms in total. The zero-order chi connectivity index (χ0) is 11.8. The number of pyridine rings is 1. The first kappa shape index (κ1) is 10.3. The van der Waals surface area contributed by atoms with Gasteiger partial charge in [-0.25, -0.2) is 9.97 Å². The van der Waals surface area contributed by atoms with Crippen molar-refractivity contribution in [2.45, 2.75) is 0 Å². The van der Waals surface area contributed by atoms with Crippen LogP contribution in [0.25, 0.3) is 16.9 Å². The van der Waals surface area contributed by atoms with Gasteiger partial charge in [0.1, 0.15) is 16.7 Å². The number of hydrogen-bond acceptors (Lipinski definition) is 3. The third kappa shape index (κ3) is 1.78. The largest absolute Gasteiger partial charge is 0.399 e. The first-order valence-corrected chi connectivity index (χ1v) is 5.89. The summed E-state index contributed by atoms with van der Waals surface area (Å²) in [6, 6.07) is 11.4. The highest BCUT2D eigenvalue weighted by Crippen LogP contribution is 2.20. The Morgan fingerprint density at radius 1 is 1.18 bits per heavy atom. The number of benzene rings is 1. The number of anilines is 1. The van der Waals surface area contributed by atoms with E-state index in [1.807, 2.05) is 41.0 Å². The van der Waals surface area contributed by atoms with E-state index in [-0.39, 0.29) is 0 Å². The molecular formula is C12H9BrN4. The Bertz CT molecular complexity index is 690. The maximum atomic E-state index is 5.79. The predicted octanol–water partition coefficient (Wildman–Crippen LogP) is 2.77. The van der Waals surface area contributed by atoms with Gasteiger partial charge in [0.25, 0.3) is 0 Å². The van der Waals surface area contributed by atoms with Crippen LogP contribution in [0.15, 0.2) is 47.3 Å². The SMILES string of the molecule is Nc1ccc2ncn(-c3cccc(Br)n3)c2c1. The number of halogens is 1. The Morgan fingerprint density at radius 2 is 2.06 bits per heavy atom. The highest BCUT2D eigenvalue weighted by Gasteiger charge is 2.05. The standard InChI is InChI=1S/C12H9BrN4/c13-11-2-1-3-12(16-11)17-7-15-9-5-4-8(14)6-10(9)17/h1-7H,14H2. The molecule has 0 saturated carbocycles. The topological polar surface area (TPSA) is 56.7 Å². The third-order valence-electron chi connectivity index (χ3n) is 2.52. The van der Waals surface area contributed by atoms with Crippen LogP contribution in [0.1, 0.15) is 0 Å². The lowest BCUT2D eigenvalue weighted by molar-refractivity contribution is 1.01. The Labute approximate surface area is 106 Å². The molecule has 2 heterocycles. The lowest BCUT2D eigenvalue weighted by atomic mass is 10.3. The fourth-order valence-corrected chi connectivity index (χ4v) is 2.07. The molecule has 0 amide bonds. The van der Waals surface area contributed by atoms with Crippen LogP contribution in [0.4, 0.5) is 5.69 Å². The molecule has 3 aromatic rings. The van der Waals surface area contributed by atoms with E-state index in [0.29, 0.717) is 5.69 Å². The van der Waals surface area contributed by atoms with E-state index >= 15 is 0 Å². The van der Waals surface area contributed by atoms with Crippen LogP contribution in [0.5, 0.6) is 0 Å². The normalized spacial score (nSPS) is 10.9. The van der Waals surface area contributed by atoms with Crippen molar-refractivity contribution in [2.75, 3.05) is 5.73 Å². The van der Waals surface area contributed by atoms with Gasteiger partial charge in [0.2, 0.25) is 0 Å². The number of nitrogen functional groups attached to an aromatic ring is 1. The minimum Gasteiger partial charge on any atom is -0.399 e. The zero-order valence-electron chi connectivity index (χ0n) is 8.84. The Balaban J connectivity index is 2.27. The summed E-state index contributed by atoms with van der Waals surface area (Å²) in [6.45, 7) is 0. The average molecular weight is 289 g/mol. The van der Waals surface area contributed by atoms with Crippen LogP contribution in [-0.2, 0) is 0 Å². The molecule has 0 aliphatic carbocycles. The highest BCUT2D eigenvalue weighted by atomic mass is 79.9. The fourth-order valence-electron chi connectivity index (χ4n) is 1.74. The van der Waals surface area contributed by atoms with Crippen molar-refractivity contribution in [3.05, 3.63) is 47.3 Å². The summed E-state index contributed by atoms with van der Waals surface area (Å²) >= 11 is 3.36. The molecule has 84 valence electrons. The molecule has 1 aromatic carbocycles. The van der Waals surface area contributed by atoms with Gasteiger partial charge in [-0.15, -0.1) is 0 Å². The lowest BCUT2D eigenvalue weighted by Gasteiger charge is -2.03. The van der Waals surface area contributed by atoms with Crippen LogP contribution in [-0.4, -0.2) is 14.5 Å².